The molecule has 2 aromatic carbocycles. The van der Waals surface area contributed by atoms with Crippen molar-refractivity contribution in [2.24, 2.45) is 0 Å². The van der Waals surface area contributed by atoms with Crippen molar-refractivity contribution < 1.29 is 9.53 Å². The van der Waals surface area contributed by atoms with Gasteiger partial charge in [0.1, 0.15) is 23.6 Å². The number of nitrogens with zero attached hydrogens (tertiary/aromatic N) is 2. The van der Waals surface area contributed by atoms with Crippen LogP contribution >= 0.6 is 0 Å². The molecule has 0 bridgehead atoms. The van der Waals surface area contributed by atoms with Crippen molar-refractivity contribution >= 4 is 17.4 Å². The van der Waals surface area contributed by atoms with Crippen LogP contribution < -0.4 is 15.4 Å². The first-order chi connectivity index (χ1) is 12.7. The van der Waals surface area contributed by atoms with Gasteiger partial charge in [-0.2, -0.15) is 0 Å². The van der Waals surface area contributed by atoms with Gasteiger partial charge in [-0.3, -0.25) is 4.79 Å². The van der Waals surface area contributed by atoms with Gasteiger partial charge in [0.2, 0.25) is 0 Å². The zero-order chi connectivity index (χ0) is 18.4. The monoisotopic (exact) mass is 348 g/mol. The molecule has 0 unspecified atom stereocenters. The van der Waals surface area contributed by atoms with Crippen LogP contribution in [-0.2, 0) is 6.54 Å². The van der Waals surface area contributed by atoms with Crippen LogP contribution in [0.1, 0.15) is 21.6 Å². The molecular formula is C20H20N4O2. The molecule has 26 heavy (non-hydrogen) atoms. The van der Waals surface area contributed by atoms with E-state index >= 15 is 0 Å². The summed E-state index contributed by atoms with van der Waals surface area (Å²) in [5, 5.41) is 6.02. The number of benzene rings is 2. The standard InChI is InChI=1S/C20H20N4O2/c1-14-6-5-7-15(10-14)12-21-20(25)17-11-19(23-13-22-17)24-16-8-3-4-9-18(16)26-2/h3-11,13H,12H2,1-2H3,(H,21,25)(H,22,23,24). The quantitative estimate of drug-likeness (QED) is 0.713. The second kappa shape index (κ2) is 8.11. The number of methoxy groups -OCH3 is 1. The summed E-state index contributed by atoms with van der Waals surface area (Å²) in [5.74, 6) is 0.957. The topological polar surface area (TPSA) is 76.1 Å². The van der Waals surface area contributed by atoms with E-state index in [0.717, 1.165) is 16.8 Å². The number of carbonyl (C=O) groups is 1. The Bertz CT molecular complexity index is 912. The fourth-order valence-electron chi connectivity index (χ4n) is 2.53. The lowest BCUT2D eigenvalue weighted by Gasteiger charge is -2.11. The number of rotatable bonds is 6. The number of aromatic nitrogens is 2. The normalized spacial score (nSPS) is 10.2. The summed E-state index contributed by atoms with van der Waals surface area (Å²) >= 11 is 0. The van der Waals surface area contributed by atoms with Gasteiger partial charge < -0.3 is 15.4 Å². The summed E-state index contributed by atoms with van der Waals surface area (Å²) < 4.78 is 5.31. The smallest absolute Gasteiger partial charge is 0.270 e. The molecule has 1 aromatic heterocycles. The Kier molecular flexibility index (Phi) is 5.43. The van der Waals surface area contributed by atoms with Crippen molar-refractivity contribution in [2.75, 3.05) is 12.4 Å². The fraction of sp³-hybridized carbons (Fsp3) is 0.150. The van der Waals surface area contributed by atoms with Crippen molar-refractivity contribution in [2.45, 2.75) is 13.5 Å². The second-order valence-electron chi connectivity index (χ2n) is 5.79. The molecule has 132 valence electrons. The molecular weight excluding hydrogens is 328 g/mol. The first-order valence-electron chi connectivity index (χ1n) is 8.21. The van der Waals surface area contributed by atoms with E-state index in [1.807, 2.05) is 55.5 Å². The molecule has 0 radical (unpaired) electrons. The molecule has 0 aliphatic heterocycles. The van der Waals surface area contributed by atoms with Crippen LogP contribution in [0.2, 0.25) is 0 Å². The summed E-state index contributed by atoms with van der Waals surface area (Å²) in [7, 11) is 1.60. The number of hydrogen-bond acceptors (Lipinski definition) is 5. The van der Waals surface area contributed by atoms with Gasteiger partial charge in [0.15, 0.2) is 0 Å². The number of nitrogens with one attached hydrogen (secondary N) is 2. The van der Waals surface area contributed by atoms with E-state index in [9.17, 15) is 4.79 Å². The highest BCUT2D eigenvalue weighted by molar-refractivity contribution is 5.93. The zero-order valence-corrected chi connectivity index (χ0v) is 14.7. The van der Waals surface area contributed by atoms with Crippen LogP contribution in [-0.4, -0.2) is 23.0 Å². The SMILES string of the molecule is COc1ccccc1Nc1cc(C(=O)NCc2cccc(C)c2)ncn1. The summed E-state index contributed by atoms with van der Waals surface area (Å²) in [6.45, 7) is 2.46. The number of anilines is 2. The number of aryl methyl sites for hydroxylation is 1. The van der Waals surface area contributed by atoms with Crippen molar-refractivity contribution in [1.82, 2.24) is 15.3 Å². The molecule has 1 amide bonds. The van der Waals surface area contributed by atoms with Gasteiger partial charge in [-0.05, 0) is 24.6 Å². The third kappa shape index (κ3) is 4.36. The molecule has 0 spiro atoms. The number of amides is 1. The molecule has 0 saturated heterocycles. The van der Waals surface area contributed by atoms with Crippen LogP contribution in [0.3, 0.4) is 0 Å². The van der Waals surface area contributed by atoms with Crippen LogP contribution in [0.25, 0.3) is 0 Å². The van der Waals surface area contributed by atoms with E-state index in [-0.39, 0.29) is 5.91 Å². The minimum Gasteiger partial charge on any atom is -0.495 e. The highest BCUT2D eigenvalue weighted by Crippen LogP contribution is 2.26. The molecule has 0 saturated carbocycles. The van der Waals surface area contributed by atoms with Crippen molar-refractivity contribution in [3.05, 3.63) is 77.7 Å². The first kappa shape index (κ1) is 17.4. The van der Waals surface area contributed by atoms with Crippen molar-refractivity contribution in [1.29, 1.82) is 0 Å². The van der Waals surface area contributed by atoms with Gasteiger partial charge >= 0.3 is 0 Å². The second-order valence-corrected chi connectivity index (χ2v) is 5.79. The zero-order valence-electron chi connectivity index (χ0n) is 14.7. The maximum atomic E-state index is 12.4. The lowest BCUT2D eigenvalue weighted by atomic mass is 10.1. The number of hydrogen-bond donors (Lipinski definition) is 2. The van der Waals surface area contributed by atoms with E-state index in [0.29, 0.717) is 23.8 Å². The molecule has 0 aliphatic carbocycles. The molecule has 0 aliphatic rings. The maximum Gasteiger partial charge on any atom is 0.270 e. The van der Waals surface area contributed by atoms with Gasteiger partial charge in [0, 0.05) is 12.6 Å². The van der Waals surface area contributed by atoms with Crippen LogP contribution in [0.5, 0.6) is 5.75 Å². The summed E-state index contributed by atoms with van der Waals surface area (Å²) in [6.07, 6.45) is 1.36. The van der Waals surface area contributed by atoms with Crippen LogP contribution in [0.15, 0.2) is 60.9 Å². The minimum absolute atomic E-state index is 0.253. The molecule has 6 nitrogen and oxygen atoms in total. The van der Waals surface area contributed by atoms with Gasteiger partial charge in [-0.1, -0.05) is 42.0 Å². The van der Waals surface area contributed by atoms with E-state index in [2.05, 4.69) is 20.6 Å². The molecule has 0 atom stereocenters. The average Bonchev–Trinajstić information content (AvgIpc) is 2.67. The molecule has 0 fully saturated rings. The van der Waals surface area contributed by atoms with Crippen molar-refractivity contribution in [3.63, 3.8) is 0 Å². The molecule has 6 heteroatoms. The maximum absolute atomic E-state index is 12.4. The van der Waals surface area contributed by atoms with E-state index in [4.69, 9.17) is 4.74 Å². The van der Waals surface area contributed by atoms with E-state index < -0.39 is 0 Å². The lowest BCUT2D eigenvalue weighted by molar-refractivity contribution is 0.0946. The molecule has 1 heterocycles. The van der Waals surface area contributed by atoms with Gasteiger partial charge in [-0.15, -0.1) is 0 Å². The van der Waals surface area contributed by atoms with E-state index in [1.165, 1.54) is 6.33 Å². The van der Waals surface area contributed by atoms with Crippen LogP contribution in [0, 0.1) is 6.92 Å². The van der Waals surface area contributed by atoms with Crippen LogP contribution in [0.4, 0.5) is 11.5 Å². The molecule has 3 aromatic rings. The summed E-state index contributed by atoms with van der Waals surface area (Å²) in [5.41, 5.74) is 3.26. The summed E-state index contributed by atoms with van der Waals surface area (Å²) in [6, 6.07) is 17.1. The number of para-hydroxylation sites is 2. The third-order valence-electron chi connectivity index (χ3n) is 3.80. The van der Waals surface area contributed by atoms with Crippen molar-refractivity contribution in [3.8, 4) is 5.75 Å². The Labute approximate surface area is 152 Å². The molecule has 3 rings (SSSR count). The van der Waals surface area contributed by atoms with Gasteiger partial charge in [0.25, 0.3) is 5.91 Å². The lowest BCUT2D eigenvalue weighted by Crippen LogP contribution is -2.24. The summed E-state index contributed by atoms with van der Waals surface area (Å²) in [4.78, 5) is 20.6. The number of carbonyl (C=O) groups excluding carboxylic acids is 1. The Morgan fingerprint density at radius 1 is 1.08 bits per heavy atom. The first-order valence-corrected chi connectivity index (χ1v) is 8.21. The Balaban J connectivity index is 1.69. The Morgan fingerprint density at radius 3 is 2.73 bits per heavy atom. The highest BCUT2D eigenvalue weighted by Gasteiger charge is 2.10. The Morgan fingerprint density at radius 2 is 1.92 bits per heavy atom. The minimum atomic E-state index is -0.253. The Hall–Kier alpha value is -3.41. The molecule has 2 N–H and O–H groups in total. The predicted molar refractivity (Wildman–Crippen MR) is 101 cm³/mol. The number of ether oxygens (including phenoxy) is 1. The highest BCUT2D eigenvalue weighted by atomic mass is 16.5. The van der Waals surface area contributed by atoms with E-state index in [1.54, 1.807) is 13.2 Å². The average molecular weight is 348 g/mol. The van der Waals surface area contributed by atoms with Gasteiger partial charge in [-0.25, -0.2) is 9.97 Å². The van der Waals surface area contributed by atoms with Gasteiger partial charge in [0.05, 0.1) is 12.8 Å². The largest absolute Gasteiger partial charge is 0.495 e. The third-order valence-corrected chi connectivity index (χ3v) is 3.80. The fourth-order valence-corrected chi connectivity index (χ4v) is 2.53. The predicted octanol–water partition coefficient (Wildman–Crippen LogP) is 3.47.